The third kappa shape index (κ3) is 3.66. The molecule has 6 heteroatoms. The third-order valence-corrected chi connectivity index (χ3v) is 3.02. The predicted octanol–water partition coefficient (Wildman–Crippen LogP) is 1.81. The van der Waals surface area contributed by atoms with Crippen LogP contribution in [0.3, 0.4) is 0 Å². The van der Waals surface area contributed by atoms with Crippen molar-refractivity contribution in [3.63, 3.8) is 0 Å². The molecule has 1 rings (SSSR count). The lowest BCUT2D eigenvalue weighted by molar-refractivity contribution is -0.131. The second-order valence-corrected chi connectivity index (χ2v) is 6.33. The molecule has 1 heterocycles. The van der Waals surface area contributed by atoms with E-state index in [0.29, 0.717) is 19.0 Å². The number of nitrogens with one attached hydrogen (secondary N) is 1. The van der Waals surface area contributed by atoms with Crippen LogP contribution in [0, 0.1) is 5.92 Å². The molecule has 15 heavy (non-hydrogen) atoms. The van der Waals surface area contributed by atoms with Crippen LogP contribution >= 0.6 is 34.8 Å². The summed E-state index contributed by atoms with van der Waals surface area (Å²) in [6, 6.07) is 0.273. The Morgan fingerprint density at radius 2 is 2.07 bits per heavy atom. The normalized spacial score (nSPS) is 23.3. The molecular formula is C9H15Cl3N2O. The van der Waals surface area contributed by atoms with Crippen molar-refractivity contribution in [1.29, 1.82) is 0 Å². The first-order valence-corrected chi connectivity index (χ1v) is 6.05. The zero-order chi connectivity index (χ0) is 11.6. The van der Waals surface area contributed by atoms with Gasteiger partial charge >= 0.3 is 0 Å². The Balaban J connectivity index is 2.60. The fourth-order valence-electron chi connectivity index (χ4n) is 1.59. The van der Waals surface area contributed by atoms with Crippen molar-refractivity contribution in [3.05, 3.63) is 0 Å². The summed E-state index contributed by atoms with van der Waals surface area (Å²) in [6.07, 6.45) is 0. The Morgan fingerprint density at radius 3 is 2.53 bits per heavy atom. The molecule has 0 radical (unpaired) electrons. The molecule has 0 aromatic heterocycles. The number of piperazine rings is 1. The van der Waals surface area contributed by atoms with E-state index in [4.69, 9.17) is 34.8 Å². The van der Waals surface area contributed by atoms with Gasteiger partial charge in [0.05, 0.1) is 0 Å². The van der Waals surface area contributed by atoms with Gasteiger partial charge in [-0.25, -0.2) is 0 Å². The number of alkyl halides is 3. The van der Waals surface area contributed by atoms with E-state index in [1.807, 2.05) is 0 Å². The minimum absolute atomic E-state index is 0.273. The Hall–Kier alpha value is 0.300. The zero-order valence-electron chi connectivity index (χ0n) is 8.77. The van der Waals surface area contributed by atoms with Crippen LogP contribution in [0.2, 0.25) is 0 Å². The summed E-state index contributed by atoms with van der Waals surface area (Å²) in [7, 11) is 0. The molecule has 3 nitrogen and oxygen atoms in total. The summed E-state index contributed by atoms with van der Waals surface area (Å²) in [4.78, 5) is 13.3. The fourth-order valence-corrected chi connectivity index (χ4v) is 1.95. The molecule has 0 saturated carbocycles. The molecule has 0 spiro atoms. The molecule has 0 aromatic carbocycles. The van der Waals surface area contributed by atoms with Crippen molar-refractivity contribution >= 4 is 40.7 Å². The van der Waals surface area contributed by atoms with Gasteiger partial charge in [-0.15, -0.1) is 0 Å². The largest absolute Gasteiger partial charge is 0.336 e. The molecule has 1 amide bonds. The van der Waals surface area contributed by atoms with E-state index < -0.39 is 9.70 Å². The van der Waals surface area contributed by atoms with E-state index in [1.54, 1.807) is 4.90 Å². The highest BCUT2D eigenvalue weighted by atomic mass is 35.6. The molecule has 1 aliphatic heterocycles. The van der Waals surface area contributed by atoms with Crippen LogP contribution in [0.5, 0.6) is 0 Å². The summed E-state index contributed by atoms with van der Waals surface area (Å²) in [5, 5.41) is 3.33. The van der Waals surface area contributed by atoms with Crippen LogP contribution in [-0.4, -0.2) is 40.3 Å². The molecule has 88 valence electrons. The topological polar surface area (TPSA) is 32.3 Å². The van der Waals surface area contributed by atoms with E-state index in [0.717, 1.165) is 6.54 Å². The number of nitrogens with zero attached hydrogens (tertiary/aromatic N) is 1. The minimum atomic E-state index is -1.83. The number of carbonyl (C=O) groups is 1. The van der Waals surface area contributed by atoms with Crippen LogP contribution in [-0.2, 0) is 4.79 Å². The number of carbonyl (C=O) groups excluding carboxylic acids is 1. The lowest BCUT2D eigenvalue weighted by Crippen LogP contribution is -2.56. The van der Waals surface area contributed by atoms with Crippen LogP contribution in [0.15, 0.2) is 0 Å². The van der Waals surface area contributed by atoms with E-state index in [9.17, 15) is 4.79 Å². The molecule has 1 unspecified atom stereocenters. The molecule has 1 aliphatic rings. The maximum absolute atomic E-state index is 11.7. The maximum Gasteiger partial charge on any atom is 0.274 e. The molecule has 1 saturated heterocycles. The Morgan fingerprint density at radius 1 is 1.47 bits per heavy atom. The summed E-state index contributed by atoms with van der Waals surface area (Å²) < 4.78 is -1.83. The second-order valence-electron chi connectivity index (χ2n) is 4.05. The number of amides is 1. The van der Waals surface area contributed by atoms with Gasteiger partial charge in [0, 0.05) is 25.7 Å². The summed E-state index contributed by atoms with van der Waals surface area (Å²) in [5.74, 6) is 0.0237. The van der Waals surface area contributed by atoms with Gasteiger partial charge in [-0.2, -0.15) is 0 Å². The van der Waals surface area contributed by atoms with Gasteiger partial charge < -0.3 is 10.2 Å². The molecular weight excluding hydrogens is 258 g/mol. The van der Waals surface area contributed by atoms with Crippen LogP contribution in [0.4, 0.5) is 0 Å². The first-order chi connectivity index (χ1) is 6.82. The van der Waals surface area contributed by atoms with E-state index >= 15 is 0 Å². The van der Waals surface area contributed by atoms with E-state index in [2.05, 4.69) is 19.2 Å². The van der Waals surface area contributed by atoms with Gasteiger partial charge in [-0.3, -0.25) is 4.79 Å². The minimum Gasteiger partial charge on any atom is -0.336 e. The zero-order valence-corrected chi connectivity index (χ0v) is 11.0. The highest BCUT2D eigenvalue weighted by Crippen LogP contribution is 2.29. The van der Waals surface area contributed by atoms with Crippen molar-refractivity contribution in [1.82, 2.24) is 10.2 Å². The molecule has 1 fully saturated rings. The van der Waals surface area contributed by atoms with Crippen LogP contribution in [0.1, 0.15) is 13.8 Å². The Kier molecular flexibility index (Phi) is 4.53. The average molecular weight is 274 g/mol. The molecule has 0 aliphatic carbocycles. The molecule has 0 bridgehead atoms. The van der Waals surface area contributed by atoms with Crippen LogP contribution < -0.4 is 5.32 Å². The first-order valence-electron chi connectivity index (χ1n) is 4.92. The number of halogens is 3. The fraction of sp³-hybridized carbons (Fsp3) is 0.889. The third-order valence-electron chi connectivity index (χ3n) is 2.54. The van der Waals surface area contributed by atoms with Gasteiger partial charge in [0.1, 0.15) is 0 Å². The predicted molar refractivity (Wildman–Crippen MR) is 63.5 cm³/mol. The SMILES string of the molecule is CC(C)C1CN(C(=O)C(Cl)(Cl)Cl)CCN1. The monoisotopic (exact) mass is 272 g/mol. The van der Waals surface area contributed by atoms with Gasteiger partial charge in [0.15, 0.2) is 0 Å². The van der Waals surface area contributed by atoms with Crippen molar-refractivity contribution in [3.8, 4) is 0 Å². The van der Waals surface area contributed by atoms with Crippen molar-refractivity contribution in [2.24, 2.45) is 5.92 Å². The lowest BCUT2D eigenvalue weighted by atomic mass is 10.0. The number of hydrogen-bond acceptors (Lipinski definition) is 2. The summed E-state index contributed by atoms with van der Waals surface area (Å²) in [6.45, 7) is 6.14. The highest BCUT2D eigenvalue weighted by Gasteiger charge is 2.37. The Bertz CT molecular complexity index is 240. The maximum atomic E-state index is 11.7. The van der Waals surface area contributed by atoms with E-state index in [1.165, 1.54) is 0 Å². The standard InChI is InChI=1S/C9H15Cl3N2O/c1-6(2)7-5-14(4-3-13-7)8(15)9(10,11)12/h6-7,13H,3-5H2,1-2H3. The van der Waals surface area contributed by atoms with Gasteiger partial charge in [-0.05, 0) is 5.92 Å². The van der Waals surface area contributed by atoms with Crippen LogP contribution in [0.25, 0.3) is 0 Å². The van der Waals surface area contributed by atoms with Gasteiger partial charge in [0.25, 0.3) is 9.70 Å². The van der Waals surface area contributed by atoms with E-state index in [-0.39, 0.29) is 6.04 Å². The second kappa shape index (κ2) is 5.09. The molecule has 0 aromatic rings. The van der Waals surface area contributed by atoms with Crippen molar-refractivity contribution in [2.75, 3.05) is 19.6 Å². The quantitative estimate of drug-likeness (QED) is 0.739. The summed E-state index contributed by atoms with van der Waals surface area (Å²) >= 11 is 16.7. The van der Waals surface area contributed by atoms with Gasteiger partial charge in [0.2, 0.25) is 0 Å². The number of rotatable bonds is 1. The van der Waals surface area contributed by atoms with Crippen molar-refractivity contribution in [2.45, 2.75) is 23.7 Å². The highest BCUT2D eigenvalue weighted by molar-refractivity contribution is 6.76. The lowest BCUT2D eigenvalue weighted by Gasteiger charge is -2.36. The van der Waals surface area contributed by atoms with Gasteiger partial charge in [-0.1, -0.05) is 48.7 Å². The van der Waals surface area contributed by atoms with Crippen molar-refractivity contribution < 1.29 is 4.79 Å². The Labute approximate surface area is 105 Å². The average Bonchev–Trinajstić information content (AvgIpc) is 2.15. The first kappa shape index (κ1) is 13.4. The summed E-state index contributed by atoms with van der Waals surface area (Å²) in [5.41, 5.74) is 0. The smallest absolute Gasteiger partial charge is 0.274 e. The molecule has 1 atom stereocenters. The number of hydrogen-bond donors (Lipinski definition) is 1. The molecule has 1 N–H and O–H groups in total.